The van der Waals surface area contributed by atoms with Gasteiger partial charge in [-0.15, -0.1) is 0 Å². The molecule has 1 aromatic rings. The van der Waals surface area contributed by atoms with Crippen LogP contribution >= 0.6 is 0 Å². The zero-order valence-electron chi connectivity index (χ0n) is 13.5. The van der Waals surface area contributed by atoms with Crippen LogP contribution in [0, 0.1) is 17.7 Å². The second-order valence-electron chi connectivity index (χ2n) is 6.82. The van der Waals surface area contributed by atoms with E-state index in [9.17, 15) is 12.8 Å². The summed E-state index contributed by atoms with van der Waals surface area (Å²) in [6, 6.07) is 0. The largest absolute Gasteiger partial charge is 0.341 e. The van der Waals surface area contributed by atoms with Gasteiger partial charge in [-0.25, -0.2) is 27.1 Å². The van der Waals surface area contributed by atoms with E-state index in [1.807, 2.05) is 18.7 Å². The van der Waals surface area contributed by atoms with E-state index in [-0.39, 0.29) is 11.2 Å². The SMILES string of the molecule is CC(C)CN1C[C@@H]2CCN(c3ncc(F)cn3)CC[C@H]2S1(=O)=O. The predicted molar refractivity (Wildman–Crippen MR) is 86.0 cm³/mol. The molecule has 0 N–H and O–H groups in total. The number of hydrogen-bond acceptors (Lipinski definition) is 5. The van der Waals surface area contributed by atoms with Gasteiger partial charge in [0.25, 0.3) is 0 Å². The first-order chi connectivity index (χ1) is 10.9. The minimum atomic E-state index is -3.21. The molecule has 0 aliphatic carbocycles. The number of halogens is 1. The van der Waals surface area contributed by atoms with Gasteiger partial charge in [-0.3, -0.25) is 0 Å². The Balaban J connectivity index is 1.73. The summed E-state index contributed by atoms with van der Waals surface area (Å²) < 4.78 is 40.1. The zero-order valence-corrected chi connectivity index (χ0v) is 14.3. The molecule has 0 aromatic carbocycles. The number of sulfonamides is 1. The molecule has 1 aromatic heterocycles. The quantitative estimate of drug-likeness (QED) is 0.833. The normalized spacial score (nSPS) is 27.9. The van der Waals surface area contributed by atoms with E-state index in [4.69, 9.17) is 0 Å². The summed E-state index contributed by atoms with van der Waals surface area (Å²) >= 11 is 0. The molecule has 2 fully saturated rings. The number of nitrogens with zero attached hydrogens (tertiary/aromatic N) is 4. The molecular formula is C15H23FN4O2S. The Bertz CT molecular complexity index is 650. The highest BCUT2D eigenvalue weighted by atomic mass is 32.2. The maximum absolute atomic E-state index is 12.9. The molecule has 0 unspecified atom stereocenters. The molecule has 8 heteroatoms. The van der Waals surface area contributed by atoms with Gasteiger partial charge < -0.3 is 4.90 Å². The molecule has 2 saturated heterocycles. The Morgan fingerprint density at radius 3 is 2.57 bits per heavy atom. The van der Waals surface area contributed by atoms with Gasteiger partial charge in [0, 0.05) is 26.2 Å². The summed E-state index contributed by atoms with van der Waals surface area (Å²) in [5, 5.41) is -0.313. The first kappa shape index (κ1) is 16.6. The maximum atomic E-state index is 12.9. The van der Waals surface area contributed by atoms with Crippen molar-refractivity contribution in [3.05, 3.63) is 18.2 Å². The van der Waals surface area contributed by atoms with E-state index in [1.54, 1.807) is 4.31 Å². The van der Waals surface area contributed by atoms with Gasteiger partial charge in [0.2, 0.25) is 16.0 Å². The predicted octanol–water partition coefficient (Wildman–Crippen LogP) is 1.50. The molecule has 23 heavy (non-hydrogen) atoms. The van der Waals surface area contributed by atoms with Crippen molar-refractivity contribution < 1.29 is 12.8 Å². The zero-order chi connectivity index (χ0) is 16.6. The Labute approximate surface area is 136 Å². The van der Waals surface area contributed by atoms with Crippen LogP contribution in [0.1, 0.15) is 26.7 Å². The minimum absolute atomic E-state index is 0.157. The third-order valence-electron chi connectivity index (χ3n) is 4.62. The van der Waals surface area contributed by atoms with Crippen molar-refractivity contribution in [2.24, 2.45) is 11.8 Å². The van der Waals surface area contributed by atoms with Gasteiger partial charge in [-0.05, 0) is 24.7 Å². The average molecular weight is 342 g/mol. The first-order valence-corrected chi connectivity index (χ1v) is 9.59. The maximum Gasteiger partial charge on any atom is 0.225 e. The van der Waals surface area contributed by atoms with Crippen LogP contribution in [0.5, 0.6) is 0 Å². The third-order valence-corrected chi connectivity index (χ3v) is 7.02. The monoisotopic (exact) mass is 342 g/mol. The van der Waals surface area contributed by atoms with E-state index >= 15 is 0 Å². The molecule has 0 bridgehead atoms. The van der Waals surface area contributed by atoms with Gasteiger partial charge in [-0.1, -0.05) is 13.8 Å². The molecule has 6 nitrogen and oxygen atoms in total. The van der Waals surface area contributed by atoms with Crippen LogP contribution in [0.4, 0.5) is 10.3 Å². The van der Waals surface area contributed by atoms with Crippen LogP contribution in [-0.4, -0.2) is 54.1 Å². The number of rotatable bonds is 3. The topological polar surface area (TPSA) is 66.4 Å². The summed E-state index contributed by atoms with van der Waals surface area (Å²) in [6.07, 6.45) is 3.66. The molecule has 2 atom stereocenters. The van der Waals surface area contributed by atoms with Gasteiger partial charge >= 0.3 is 0 Å². The van der Waals surface area contributed by atoms with Crippen LogP contribution in [-0.2, 0) is 10.0 Å². The van der Waals surface area contributed by atoms with Crippen LogP contribution in [0.2, 0.25) is 0 Å². The Morgan fingerprint density at radius 1 is 1.26 bits per heavy atom. The molecular weight excluding hydrogens is 319 g/mol. The molecule has 2 aliphatic rings. The molecule has 0 saturated carbocycles. The smallest absolute Gasteiger partial charge is 0.225 e. The highest BCUT2D eigenvalue weighted by molar-refractivity contribution is 7.90. The van der Waals surface area contributed by atoms with E-state index in [1.165, 1.54) is 0 Å². The Morgan fingerprint density at radius 2 is 1.91 bits per heavy atom. The fourth-order valence-corrected chi connectivity index (χ4v) is 5.95. The minimum Gasteiger partial charge on any atom is -0.341 e. The van der Waals surface area contributed by atoms with Gasteiger partial charge in [0.15, 0.2) is 5.82 Å². The summed E-state index contributed by atoms with van der Waals surface area (Å²) in [7, 11) is -3.21. The molecule has 0 spiro atoms. The van der Waals surface area contributed by atoms with Crippen molar-refractivity contribution in [1.29, 1.82) is 0 Å². The van der Waals surface area contributed by atoms with Crippen molar-refractivity contribution in [2.45, 2.75) is 31.9 Å². The summed E-state index contributed by atoms with van der Waals surface area (Å²) in [5.74, 6) is 0.496. The van der Waals surface area contributed by atoms with Gasteiger partial charge in [0.1, 0.15) is 0 Å². The Kier molecular flexibility index (Phi) is 4.55. The molecule has 128 valence electrons. The number of hydrogen-bond donors (Lipinski definition) is 0. The van der Waals surface area contributed by atoms with E-state index in [0.29, 0.717) is 44.5 Å². The highest BCUT2D eigenvalue weighted by Gasteiger charge is 2.46. The van der Waals surface area contributed by atoms with Crippen molar-refractivity contribution in [3.63, 3.8) is 0 Å². The summed E-state index contributed by atoms with van der Waals surface area (Å²) in [4.78, 5) is 9.97. The summed E-state index contributed by atoms with van der Waals surface area (Å²) in [6.45, 7) is 6.58. The van der Waals surface area contributed by atoms with Crippen LogP contribution in [0.3, 0.4) is 0 Å². The third kappa shape index (κ3) is 3.33. The lowest BCUT2D eigenvalue weighted by Gasteiger charge is -2.22. The van der Waals surface area contributed by atoms with Crippen LogP contribution in [0.25, 0.3) is 0 Å². The van der Waals surface area contributed by atoms with Crippen LogP contribution in [0.15, 0.2) is 12.4 Å². The van der Waals surface area contributed by atoms with Crippen molar-refractivity contribution in [1.82, 2.24) is 14.3 Å². The van der Waals surface area contributed by atoms with E-state index in [0.717, 1.165) is 18.8 Å². The van der Waals surface area contributed by atoms with Gasteiger partial charge in [0.05, 0.1) is 17.6 Å². The van der Waals surface area contributed by atoms with Crippen LogP contribution < -0.4 is 4.90 Å². The summed E-state index contributed by atoms with van der Waals surface area (Å²) in [5.41, 5.74) is 0. The molecule has 3 heterocycles. The standard InChI is InChI=1S/C15H23FN4O2S/c1-11(2)9-20-10-12-3-5-19(6-4-14(12)23(20,21)22)15-17-7-13(16)8-18-15/h7-8,11-12,14H,3-6,9-10H2,1-2H3/t12-,14+/m0/s1. The van der Waals surface area contributed by atoms with E-state index in [2.05, 4.69) is 9.97 Å². The molecule has 2 aliphatic heterocycles. The van der Waals surface area contributed by atoms with Crippen molar-refractivity contribution >= 4 is 16.0 Å². The number of anilines is 1. The lowest BCUT2D eigenvalue weighted by molar-refractivity contribution is 0.351. The second kappa shape index (κ2) is 6.32. The average Bonchev–Trinajstić information content (AvgIpc) is 2.65. The molecule has 0 radical (unpaired) electrons. The van der Waals surface area contributed by atoms with Crippen molar-refractivity contribution in [2.75, 3.05) is 31.1 Å². The number of aromatic nitrogens is 2. The second-order valence-corrected chi connectivity index (χ2v) is 8.97. The van der Waals surface area contributed by atoms with Gasteiger partial charge in [-0.2, -0.15) is 0 Å². The fraction of sp³-hybridized carbons (Fsp3) is 0.733. The lowest BCUT2D eigenvalue weighted by Crippen LogP contribution is -2.34. The number of fused-ring (bicyclic) bond motifs is 1. The molecule has 3 rings (SSSR count). The Hall–Kier alpha value is -1.28. The fourth-order valence-electron chi connectivity index (χ4n) is 3.55. The van der Waals surface area contributed by atoms with E-state index < -0.39 is 15.8 Å². The molecule has 0 amide bonds. The van der Waals surface area contributed by atoms with Crippen molar-refractivity contribution in [3.8, 4) is 0 Å². The lowest BCUT2D eigenvalue weighted by atomic mass is 10.0. The highest BCUT2D eigenvalue weighted by Crippen LogP contribution is 2.35. The first-order valence-electron chi connectivity index (χ1n) is 8.09.